The van der Waals surface area contributed by atoms with Crippen LogP contribution in [0.25, 0.3) is 11.3 Å². The molecule has 0 bridgehead atoms. The zero-order valence-corrected chi connectivity index (χ0v) is 20.0. The third-order valence-corrected chi connectivity index (χ3v) is 6.86. The molecule has 5 rings (SSSR count). The molecule has 9 nitrogen and oxygen atoms in total. The van der Waals surface area contributed by atoms with Crippen molar-refractivity contribution in [2.45, 2.75) is 58.4 Å². The average molecular weight is 452 g/mol. The first-order valence-corrected chi connectivity index (χ1v) is 11.9. The summed E-state index contributed by atoms with van der Waals surface area (Å²) in [5.74, 6) is 2.89. The summed E-state index contributed by atoms with van der Waals surface area (Å²) in [5.41, 5.74) is 6.31. The maximum absolute atomic E-state index is 5.84. The summed E-state index contributed by atoms with van der Waals surface area (Å²) in [4.78, 5) is 12.1. The van der Waals surface area contributed by atoms with Gasteiger partial charge in [0.25, 0.3) is 0 Å². The third kappa shape index (κ3) is 4.21. The monoisotopic (exact) mass is 451 g/mol. The standard InChI is InChI=1S/C24H33N7O2/c1-5-18-17-7-6-12-33-23(17)26-21(25-18)14-31-10-8-16(9-11-31)19-13-20(28-27-19)22-15(2)29-30(3)24(22)32-4/h13,16H,5-12,14H2,1-4H3,(H,27,28). The molecule has 9 heteroatoms. The van der Waals surface area contributed by atoms with E-state index in [1.165, 1.54) is 11.3 Å². The van der Waals surface area contributed by atoms with Crippen LogP contribution in [0.2, 0.25) is 0 Å². The molecule has 0 aromatic carbocycles. The lowest BCUT2D eigenvalue weighted by Gasteiger charge is -2.31. The van der Waals surface area contributed by atoms with E-state index in [0.29, 0.717) is 5.92 Å². The summed E-state index contributed by atoms with van der Waals surface area (Å²) in [6.07, 6.45) is 5.16. The Balaban J connectivity index is 1.25. The van der Waals surface area contributed by atoms with Crippen molar-refractivity contribution in [3.8, 4) is 23.0 Å². The molecule has 2 aliphatic heterocycles. The van der Waals surface area contributed by atoms with E-state index in [9.17, 15) is 0 Å². The van der Waals surface area contributed by atoms with Gasteiger partial charge < -0.3 is 9.47 Å². The number of aromatic amines is 1. The van der Waals surface area contributed by atoms with Gasteiger partial charge in [0.05, 0.1) is 42.9 Å². The molecule has 1 saturated heterocycles. The highest BCUT2D eigenvalue weighted by atomic mass is 16.5. The SMILES string of the molecule is CCc1nc(CN2CCC(c3cc(-c4c(C)nn(C)c4OC)n[nH]3)CC2)nc2c1CCCO2. The highest BCUT2D eigenvalue weighted by molar-refractivity contribution is 5.68. The molecule has 5 heterocycles. The molecule has 0 aliphatic carbocycles. The van der Waals surface area contributed by atoms with Gasteiger partial charge in [-0.2, -0.15) is 15.2 Å². The number of aromatic nitrogens is 6. The molecular weight excluding hydrogens is 418 g/mol. The third-order valence-electron chi connectivity index (χ3n) is 6.86. The molecular formula is C24H33N7O2. The minimum absolute atomic E-state index is 0.462. The largest absolute Gasteiger partial charge is 0.481 e. The molecule has 0 atom stereocenters. The van der Waals surface area contributed by atoms with Gasteiger partial charge in [0.2, 0.25) is 11.8 Å². The fourth-order valence-electron chi connectivity index (χ4n) is 5.15. The Morgan fingerprint density at radius 2 is 2.06 bits per heavy atom. The van der Waals surface area contributed by atoms with Crippen LogP contribution in [0.3, 0.4) is 0 Å². The van der Waals surface area contributed by atoms with Crippen molar-refractivity contribution in [1.82, 2.24) is 34.8 Å². The van der Waals surface area contributed by atoms with Crippen LogP contribution in [0, 0.1) is 6.92 Å². The summed E-state index contributed by atoms with van der Waals surface area (Å²) in [6, 6.07) is 2.16. The van der Waals surface area contributed by atoms with E-state index >= 15 is 0 Å². The number of fused-ring (bicyclic) bond motifs is 1. The van der Waals surface area contributed by atoms with Gasteiger partial charge in [-0.1, -0.05) is 6.92 Å². The van der Waals surface area contributed by atoms with Gasteiger partial charge in [-0.15, -0.1) is 0 Å². The zero-order chi connectivity index (χ0) is 22.9. The lowest BCUT2D eigenvalue weighted by molar-refractivity contribution is 0.196. The lowest BCUT2D eigenvalue weighted by Crippen LogP contribution is -2.33. The number of nitrogens with zero attached hydrogens (tertiary/aromatic N) is 6. The van der Waals surface area contributed by atoms with Crippen molar-refractivity contribution in [2.24, 2.45) is 7.05 Å². The van der Waals surface area contributed by atoms with Crippen molar-refractivity contribution in [3.63, 3.8) is 0 Å². The van der Waals surface area contributed by atoms with E-state index in [4.69, 9.17) is 19.4 Å². The summed E-state index contributed by atoms with van der Waals surface area (Å²) in [6.45, 7) is 7.70. The second-order valence-electron chi connectivity index (χ2n) is 9.03. The van der Waals surface area contributed by atoms with Gasteiger partial charge >= 0.3 is 0 Å². The Morgan fingerprint density at radius 3 is 2.82 bits per heavy atom. The van der Waals surface area contributed by atoms with E-state index in [0.717, 1.165) is 98.6 Å². The number of likely N-dealkylation sites (tertiary alicyclic amines) is 1. The molecule has 3 aromatic heterocycles. The molecule has 0 saturated carbocycles. The maximum atomic E-state index is 5.84. The predicted molar refractivity (Wildman–Crippen MR) is 125 cm³/mol. The second kappa shape index (κ2) is 9.13. The molecule has 1 fully saturated rings. The number of ether oxygens (including phenoxy) is 2. The Kier molecular flexibility index (Phi) is 6.05. The fourth-order valence-corrected chi connectivity index (χ4v) is 5.15. The molecule has 2 aliphatic rings. The van der Waals surface area contributed by atoms with Gasteiger partial charge in [-0.05, 0) is 58.2 Å². The van der Waals surface area contributed by atoms with Crippen molar-refractivity contribution in [1.29, 1.82) is 0 Å². The molecule has 0 spiro atoms. The van der Waals surface area contributed by atoms with Crippen molar-refractivity contribution in [3.05, 3.63) is 34.5 Å². The Labute approximate surface area is 194 Å². The molecule has 0 unspecified atom stereocenters. The van der Waals surface area contributed by atoms with Gasteiger partial charge in [0.1, 0.15) is 5.82 Å². The van der Waals surface area contributed by atoms with Crippen molar-refractivity contribution >= 4 is 0 Å². The first kappa shape index (κ1) is 21.9. The first-order valence-electron chi connectivity index (χ1n) is 11.9. The van der Waals surface area contributed by atoms with E-state index < -0.39 is 0 Å². The molecule has 1 N–H and O–H groups in total. The van der Waals surface area contributed by atoms with Gasteiger partial charge in [-0.25, -0.2) is 9.67 Å². The van der Waals surface area contributed by atoms with E-state index in [1.807, 2.05) is 14.0 Å². The minimum Gasteiger partial charge on any atom is -0.481 e. The average Bonchev–Trinajstić information content (AvgIpc) is 3.42. The molecule has 3 aromatic rings. The number of hydrogen-bond acceptors (Lipinski definition) is 7. The number of aryl methyl sites for hydroxylation is 3. The quantitative estimate of drug-likeness (QED) is 0.615. The highest BCUT2D eigenvalue weighted by Gasteiger charge is 2.26. The Bertz CT molecular complexity index is 1110. The van der Waals surface area contributed by atoms with Crippen molar-refractivity contribution in [2.75, 3.05) is 26.8 Å². The lowest BCUT2D eigenvalue weighted by atomic mass is 9.93. The first-order chi connectivity index (χ1) is 16.1. The van der Waals surface area contributed by atoms with Crippen LogP contribution in [0.15, 0.2) is 6.07 Å². The number of rotatable bonds is 6. The summed E-state index contributed by atoms with van der Waals surface area (Å²) >= 11 is 0. The van der Waals surface area contributed by atoms with Crippen LogP contribution < -0.4 is 9.47 Å². The van der Waals surface area contributed by atoms with Crippen LogP contribution in [-0.2, 0) is 26.4 Å². The molecule has 33 heavy (non-hydrogen) atoms. The zero-order valence-electron chi connectivity index (χ0n) is 20.0. The van der Waals surface area contributed by atoms with Crippen LogP contribution in [0.5, 0.6) is 11.8 Å². The van der Waals surface area contributed by atoms with Gasteiger partial charge in [-0.3, -0.25) is 10.00 Å². The van der Waals surface area contributed by atoms with E-state index in [-0.39, 0.29) is 0 Å². The normalized spacial score (nSPS) is 17.1. The van der Waals surface area contributed by atoms with Crippen LogP contribution in [0.4, 0.5) is 0 Å². The summed E-state index contributed by atoms with van der Waals surface area (Å²) in [7, 11) is 3.56. The van der Waals surface area contributed by atoms with Crippen LogP contribution in [0.1, 0.15) is 60.6 Å². The number of nitrogens with one attached hydrogen (secondary N) is 1. The maximum Gasteiger partial charge on any atom is 0.221 e. The van der Waals surface area contributed by atoms with Crippen molar-refractivity contribution < 1.29 is 9.47 Å². The minimum atomic E-state index is 0.462. The Hall–Kier alpha value is -2.94. The molecule has 0 amide bonds. The van der Waals surface area contributed by atoms with E-state index in [1.54, 1.807) is 11.8 Å². The predicted octanol–water partition coefficient (Wildman–Crippen LogP) is 3.18. The number of hydrogen-bond donors (Lipinski definition) is 1. The number of methoxy groups -OCH3 is 1. The van der Waals surface area contributed by atoms with Crippen LogP contribution in [-0.4, -0.2) is 61.7 Å². The van der Waals surface area contributed by atoms with Gasteiger partial charge in [0, 0.05) is 24.2 Å². The highest BCUT2D eigenvalue weighted by Crippen LogP contribution is 2.35. The topological polar surface area (TPSA) is 94.0 Å². The summed E-state index contributed by atoms with van der Waals surface area (Å²) in [5, 5.41) is 12.3. The Morgan fingerprint density at radius 1 is 1.24 bits per heavy atom. The smallest absolute Gasteiger partial charge is 0.221 e. The van der Waals surface area contributed by atoms with Crippen LogP contribution >= 0.6 is 0 Å². The second-order valence-corrected chi connectivity index (χ2v) is 9.03. The number of piperidine rings is 1. The van der Waals surface area contributed by atoms with Gasteiger partial charge in [0.15, 0.2) is 0 Å². The molecule has 176 valence electrons. The number of H-pyrrole nitrogens is 1. The summed E-state index contributed by atoms with van der Waals surface area (Å²) < 4.78 is 13.1. The molecule has 0 radical (unpaired) electrons. The fraction of sp³-hybridized carbons (Fsp3) is 0.583. The van der Waals surface area contributed by atoms with E-state index in [2.05, 4.69) is 33.2 Å².